The summed E-state index contributed by atoms with van der Waals surface area (Å²) in [5.41, 5.74) is 7.27. The second-order valence-electron chi connectivity index (χ2n) is 9.51. The first-order valence-electron chi connectivity index (χ1n) is 11.7. The number of carbonyl (C=O) groups excluding carboxylic acids is 2. The van der Waals surface area contributed by atoms with Gasteiger partial charge in [-0.15, -0.1) is 0 Å². The summed E-state index contributed by atoms with van der Waals surface area (Å²) >= 11 is 0. The molecule has 0 bridgehead atoms. The van der Waals surface area contributed by atoms with E-state index in [4.69, 9.17) is 15.3 Å². The summed E-state index contributed by atoms with van der Waals surface area (Å²) in [5, 5.41) is 1.22. The number of hydroxylamine groups is 2. The molecule has 6 nitrogen and oxygen atoms in total. The second-order valence-corrected chi connectivity index (χ2v) is 9.51. The van der Waals surface area contributed by atoms with E-state index in [1.165, 1.54) is 17.9 Å². The van der Waals surface area contributed by atoms with Crippen LogP contribution in [0.1, 0.15) is 65.4 Å². The first-order chi connectivity index (χ1) is 14.8. The average molecular weight is 433 g/mol. The highest BCUT2D eigenvalue weighted by molar-refractivity contribution is 5.73. The molecule has 174 valence electrons. The van der Waals surface area contributed by atoms with Crippen molar-refractivity contribution in [3.05, 3.63) is 35.9 Å². The number of ether oxygens (including phenoxy) is 1. The Morgan fingerprint density at radius 3 is 2.29 bits per heavy atom. The molecule has 0 aromatic heterocycles. The Balaban J connectivity index is 2.03. The molecule has 1 fully saturated rings. The molecule has 2 N–H and O–H groups in total. The van der Waals surface area contributed by atoms with E-state index in [1.54, 1.807) is 0 Å². The van der Waals surface area contributed by atoms with Crippen molar-refractivity contribution in [1.82, 2.24) is 5.06 Å². The lowest BCUT2D eigenvalue weighted by Gasteiger charge is -2.32. The molecule has 1 saturated carbocycles. The Morgan fingerprint density at radius 1 is 1.13 bits per heavy atom. The Labute approximate surface area is 187 Å². The molecule has 0 heterocycles. The number of hydrogen-bond donors (Lipinski definition) is 1. The maximum atomic E-state index is 13.1. The van der Waals surface area contributed by atoms with Crippen LogP contribution in [-0.4, -0.2) is 30.2 Å². The molecule has 1 amide bonds. The van der Waals surface area contributed by atoms with Crippen molar-refractivity contribution >= 4 is 12.4 Å². The molecule has 0 spiro atoms. The van der Waals surface area contributed by atoms with Crippen LogP contribution in [0.4, 0.5) is 0 Å². The van der Waals surface area contributed by atoms with E-state index in [2.05, 4.69) is 27.7 Å². The van der Waals surface area contributed by atoms with Gasteiger partial charge in [0.05, 0.1) is 12.5 Å². The minimum absolute atomic E-state index is 0.0765. The predicted molar refractivity (Wildman–Crippen MR) is 121 cm³/mol. The van der Waals surface area contributed by atoms with Gasteiger partial charge < -0.3 is 4.74 Å². The SMILES string of the molecule is CC(C)C(C(C)C)C(N)OC(=O)[C@H](CC1CCCC1)CN(C=O)OCc1ccccc1. The molecular weight excluding hydrogens is 392 g/mol. The predicted octanol–water partition coefficient (Wildman–Crippen LogP) is 4.53. The molecule has 1 unspecified atom stereocenters. The number of benzene rings is 1. The molecule has 0 aliphatic heterocycles. The lowest BCUT2D eigenvalue weighted by molar-refractivity contribution is -0.187. The maximum Gasteiger partial charge on any atom is 0.312 e. The van der Waals surface area contributed by atoms with Gasteiger partial charge in [0, 0.05) is 5.92 Å². The third-order valence-corrected chi connectivity index (χ3v) is 6.35. The van der Waals surface area contributed by atoms with Crippen molar-refractivity contribution < 1.29 is 19.2 Å². The standard InChI is InChI=1S/C25H40N2O4/c1-18(2)23(19(3)4)24(26)31-25(29)22(14-20-10-8-9-11-20)15-27(17-28)30-16-21-12-6-5-7-13-21/h5-7,12-13,17-20,22-24H,8-11,14-16,26H2,1-4H3/t22-,24?/m1/s1. The fraction of sp³-hybridized carbons (Fsp3) is 0.680. The number of nitrogens with zero attached hydrogens (tertiary/aromatic N) is 1. The Bertz CT molecular complexity index is 651. The lowest BCUT2D eigenvalue weighted by Crippen LogP contribution is -2.43. The highest BCUT2D eigenvalue weighted by atomic mass is 16.7. The number of amides is 1. The zero-order valence-corrected chi connectivity index (χ0v) is 19.5. The van der Waals surface area contributed by atoms with E-state index < -0.39 is 12.1 Å². The smallest absolute Gasteiger partial charge is 0.312 e. The van der Waals surface area contributed by atoms with E-state index >= 15 is 0 Å². The summed E-state index contributed by atoms with van der Waals surface area (Å²) < 4.78 is 5.76. The molecule has 2 atom stereocenters. The Kier molecular flexibility index (Phi) is 10.5. The van der Waals surface area contributed by atoms with Crippen LogP contribution in [-0.2, 0) is 25.8 Å². The van der Waals surface area contributed by atoms with Crippen LogP contribution < -0.4 is 5.73 Å². The molecule has 2 rings (SSSR count). The van der Waals surface area contributed by atoms with Crippen molar-refractivity contribution in [2.75, 3.05) is 6.54 Å². The van der Waals surface area contributed by atoms with Crippen LogP contribution in [0.3, 0.4) is 0 Å². The first-order valence-corrected chi connectivity index (χ1v) is 11.7. The molecule has 0 saturated heterocycles. The van der Waals surface area contributed by atoms with Crippen LogP contribution in [0.5, 0.6) is 0 Å². The van der Waals surface area contributed by atoms with Gasteiger partial charge in [-0.05, 0) is 29.7 Å². The van der Waals surface area contributed by atoms with Gasteiger partial charge in [0.15, 0.2) is 6.23 Å². The molecular formula is C25H40N2O4. The molecule has 0 radical (unpaired) electrons. The van der Waals surface area contributed by atoms with Crippen molar-refractivity contribution in [2.45, 2.75) is 72.6 Å². The topological polar surface area (TPSA) is 81.9 Å². The van der Waals surface area contributed by atoms with Crippen molar-refractivity contribution in [3.8, 4) is 0 Å². The monoisotopic (exact) mass is 432 g/mol. The van der Waals surface area contributed by atoms with Gasteiger partial charge in [0.2, 0.25) is 6.41 Å². The summed E-state index contributed by atoms with van der Waals surface area (Å²) in [6, 6.07) is 9.64. The van der Waals surface area contributed by atoms with Gasteiger partial charge in [-0.25, -0.2) is 5.06 Å². The van der Waals surface area contributed by atoms with Gasteiger partial charge in [-0.2, -0.15) is 0 Å². The minimum Gasteiger partial charge on any atom is -0.446 e. The van der Waals surface area contributed by atoms with Gasteiger partial charge in [0.25, 0.3) is 0 Å². The van der Waals surface area contributed by atoms with Crippen molar-refractivity contribution in [2.24, 2.45) is 35.3 Å². The van der Waals surface area contributed by atoms with Crippen LogP contribution in [0.15, 0.2) is 30.3 Å². The van der Waals surface area contributed by atoms with Crippen LogP contribution in [0, 0.1) is 29.6 Å². The Hall–Kier alpha value is -1.92. The zero-order valence-electron chi connectivity index (χ0n) is 19.5. The summed E-state index contributed by atoms with van der Waals surface area (Å²) in [4.78, 5) is 30.4. The summed E-state index contributed by atoms with van der Waals surface area (Å²) in [6.45, 7) is 8.83. The first kappa shape index (κ1) is 25.3. The number of carbonyl (C=O) groups is 2. The van der Waals surface area contributed by atoms with Gasteiger partial charge in [-0.3, -0.25) is 20.2 Å². The van der Waals surface area contributed by atoms with Crippen molar-refractivity contribution in [3.63, 3.8) is 0 Å². The largest absolute Gasteiger partial charge is 0.446 e. The van der Waals surface area contributed by atoms with Crippen LogP contribution in [0.25, 0.3) is 0 Å². The summed E-state index contributed by atoms with van der Waals surface area (Å²) in [6.07, 6.45) is 5.29. The summed E-state index contributed by atoms with van der Waals surface area (Å²) in [5.74, 6) is 0.375. The number of rotatable bonds is 13. The molecule has 1 aromatic rings. The molecule has 31 heavy (non-hydrogen) atoms. The minimum atomic E-state index is -0.659. The quantitative estimate of drug-likeness (QED) is 0.214. The van der Waals surface area contributed by atoms with Crippen LogP contribution >= 0.6 is 0 Å². The van der Waals surface area contributed by atoms with E-state index in [0.29, 0.717) is 30.6 Å². The van der Waals surface area contributed by atoms with Gasteiger partial charge in [0.1, 0.15) is 6.61 Å². The normalized spacial score (nSPS) is 16.6. The van der Waals surface area contributed by atoms with Crippen LogP contribution in [0.2, 0.25) is 0 Å². The number of esters is 1. The van der Waals surface area contributed by atoms with E-state index in [1.807, 2.05) is 30.3 Å². The molecule has 6 heteroatoms. The highest BCUT2D eigenvalue weighted by Gasteiger charge is 2.33. The van der Waals surface area contributed by atoms with E-state index in [-0.39, 0.29) is 25.0 Å². The summed E-state index contributed by atoms with van der Waals surface area (Å²) in [7, 11) is 0. The highest BCUT2D eigenvalue weighted by Crippen LogP contribution is 2.32. The average Bonchev–Trinajstić information content (AvgIpc) is 3.23. The zero-order chi connectivity index (χ0) is 22.8. The molecule has 1 aromatic carbocycles. The molecule has 1 aliphatic carbocycles. The Morgan fingerprint density at radius 2 is 1.74 bits per heavy atom. The van der Waals surface area contributed by atoms with Gasteiger partial charge >= 0.3 is 5.97 Å². The molecule has 1 aliphatic rings. The second kappa shape index (κ2) is 12.8. The third-order valence-electron chi connectivity index (χ3n) is 6.35. The van der Waals surface area contributed by atoms with E-state index in [0.717, 1.165) is 18.4 Å². The van der Waals surface area contributed by atoms with Crippen molar-refractivity contribution in [1.29, 1.82) is 0 Å². The lowest BCUT2D eigenvalue weighted by atomic mass is 9.84. The maximum absolute atomic E-state index is 13.1. The number of hydrogen-bond acceptors (Lipinski definition) is 5. The fourth-order valence-corrected chi connectivity index (χ4v) is 4.81. The van der Waals surface area contributed by atoms with E-state index in [9.17, 15) is 9.59 Å². The van der Waals surface area contributed by atoms with Gasteiger partial charge in [-0.1, -0.05) is 83.7 Å². The number of nitrogens with two attached hydrogens (primary N) is 1. The third kappa shape index (κ3) is 8.26. The fourth-order valence-electron chi connectivity index (χ4n) is 4.81.